The van der Waals surface area contributed by atoms with Crippen molar-refractivity contribution in [1.82, 2.24) is 14.8 Å². The van der Waals surface area contributed by atoms with Crippen LogP contribution in [0.2, 0.25) is 0 Å². The van der Waals surface area contributed by atoms with Crippen LogP contribution in [0.3, 0.4) is 0 Å². The number of amides is 1. The number of carbonyl (C=O) groups excluding carboxylic acids is 3. The molecule has 0 radical (unpaired) electrons. The topological polar surface area (TPSA) is 93.9 Å². The van der Waals surface area contributed by atoms with Gasteiger partial charge in [0.05, 0.1) is 10.8 Å². The fraction of sp³-hybridized carbons (Fsp3) is 0.115. The number of ketones is 2. The first-order valence-corrected chi connectivity index (χ1v) is 11.7. The van der Waals surface area contributed by atoms with Gasteiger partial charge in [0, 0.05) is 35.0 Å². The van der Waals surface area contributed by atoms with E-state index >= 15 is 0 Å². The molecule has 1 N–H and O–H groups in total. The molecule has 9 heteroatoms. The quantitative estimate of drug-likeness (QED) is 0.367. The number of benzene rings is 3. The largest absolute Gasteiger partial charge is 0.325 e. The summed E-state index contributed by atoms with van der Waals surface area (Å²) in [6.45, 7) is 1.71. The van der Waals surface area contributed by atoms with Crippen LogP contribution in [-0.2, 0) is 11.8 Å². The van der Waals surface area contributed by atoms with Crippen LogP contribution in [0.4, 0.5) is 10.1 Å². The molecule has 1 aliphatic carbocycles. The third-order valence-electron chi connectivity index (χ3n) is 5.79. The Hall–Kier alpha value is -4.11. The highest BCUT2D eigenvalue weighted by Gasteiger charge is 2.30. The maximum Gasteiger partial charge on any atom is 0.237 e. The molecule has 35 heavy (non-hydrogen) atoms. The predicted molar refractivity (Wildman–Crippen MR) is 130 cm³/mol. The Morgan fingerprint density at radius 2 is 1.49 bits per heavy atom. The monoisotopic (exact) mass is 486 g/mol. The standard InChI is InChI=1S/C26H19FN4O3S/c1-14(35-26-30-29-24(31(26)2)19-9-5-6-10-21(19)27)25(34)28-15-11-12-18-20(13-15)23(33)17-8-4-3-7-16(17)22(18)32/h3-14H,1-2H3,(H,28,34)/t14-/m1/s1. The molecule has 1 aromatic heterocycles. The van der Waals surface area contributed by atoms with Gasteiger partial charge in [0.1, 0.15) is 5.82 Å². The molecule has 0 aliphatic heterocycles. The molecular formula is C26H19FN4O3S. The minimum atomic E-state index is -0.569. The van der Waals surface area contributed by atoms with Crippen LogP contribution in [0.5, 0.6) is 0 Å². The zero-order valence-electron chi connectivity index (χ0n) is 18.8. The Kier molecular flexibility index (Phi) is 5.78. The second-order valence-electron chi connectivity index (χ2n) is 8.06. The maximum atomic E-state index is 14.2. The lowest BCUT2D eigenvalue weighted by atomic mass is 9.84. The van der Waals surface area contributed by atoms with Gasteiger partial charge in [-0.05, 0) is 37.3 Å². The van der Waals surface area contributed by atoms with E-state index in [4.69, 9.17) is 0 Å². The number of hydrogen-bond donors (Lipinski definition) is 1. The van der Waals surface area contributed by atoms with Gasteiger partial charge in [-0.2, -0.15) is 0 Å². The molecule has 0 fully saturated rings. The Morgan fingerprint density at radius 3 is 2.17 bits per heavy atom. The normalized spacial score (nSPS) is 13.2. The van der Waals surface area contributed by atoms with Crippen molar-refractivity contribution in [1.29, 1.82) is 0 Å². The molecule has 0 saturated carbocycles. The van der Waals surface area contributed by atoms with E-state index in [-0.39, 0.29) is 23.0 Å². The average molecular weight is 487 g/mol. The van der Waals surface area contributed by atoms with E-state index in [1.165, 1.54) is 23.9 Å². The zero-order chi connectivity index (χ0) is 24.7. The van der Waals surface area contributed by atoms with Gasteiger partial charge in [-0.1, -0.05) is 48.2 Å². The number of carbonyl (C=O) groups is 3. The SMILES string of the molecule is C[C@@H](Sc1nnc(-c2ccccc2F)n1C)C(=O)Nc1ccc2c(c1)C(=O)c1ccccc1C2=O. The Balaban J connectivity index is 1.33. The van der Waals surface area contributed by atoms with Gasteiger partial charge in [0.25, 0.3) is 0 Å². The number of thioether (sulfide) groups is 1. The van der Waals surface area contributed by atoms with Gasteiger partial charge in [-0.15, -0.1) is 10.2 Å². The van der Waals surface area contributed by atoms with Crippen molar-refractivity contribution >= 4 is 34.9 Å². The van der Waals surface area contributed by atoms with E-state index in [1.807, 2.05) is 0 Å². The van der Waals surface area contributed by atoms with Crippen molar-refractivity contribution in [2.75, 3.05) is 5.32 Å². The van der Waals surface area contributed by atoms with Crippen LogP contribution in [0.1, 0.15) is 38.8 Å². The number of halogens is 1. The molecule has 1 heterocycles. The third-order valence-corrected chi connectivity index (χ3v) is 6.93. The molecule has 4 aromatic rings. The van der Waals surface area contributed by atoms with Gasteiger partial charge >= 0.3 is 0 Å². The van der Waals surface area contributed by atoms with Crippen LogP contribution in [0.25, 0.3) is 11.4 Å². The summed E-state index contributed by atoms with van der Waals surface area (Å²) in [4.78, 5) is 38.6. The summed E-state index contributed by atoms with van der Waals surface area (Å²) >= 11 is 1.17. The highest BCUT2D eigenvalue weighted by molar-refractivity contribution is 8.00. The van der Waals surface area contributed by atoms with E-state index in [0.29, 0.717) is 38.9 Å². The summed E-state index contributed by atoms with van der Waals surface area (Å²) < 4.78 is 15.8. The summed E-state index contributed by atoms with van der Waals surface area (Å²) in [6, 6.07) is 17.7. The Morgan fingerprint density at radius 1 is 0.886 bits per heavy atom. The van der Waals surface area contributed by atoms with Crippen molar-refractivity contribution in [3.8, 4) is 11.4 Å². The molecule has 174 valence electrons. The highest BCUT2D eigenvalue weighted by atomic mass is 32.2. The van der Waals surface area contributed by atoms with Crippen molar-refractivity contribution in [3.05, 3.63) is 94.8 Å². The fourth-order valence-electron chi connectivity index (χ4n) is 3.93. The number of nitrogens with one attached hydrogen (secondary N) is 1. The maximum absolute atomic E-state index is 14.2. The molecule has 0 saturated heterocycles. The number of nitrogens with zero attached hydrogens (tertiary/aromatic N) is 3. The van der Waals surface area contributed by atoms with Gasteiger partial charge < -0.3 is 9.88 Å². The van der Waals surface area contributed by atoms with E-state index in [0.717, 1.165) is 0 Å². The van der Waals surface area contributed by atoms with E-state index < -0.39 is 11.1 Å². The van der Waals surface area contributed by atoms with Crippen molar-refractivity contribution in [2.45, 2.75) is 17.3 Å². The summed E-state index contributed by atoms with van der Waals surface area (Å²) in [7, 11) is 1.71. The van der Waals surface area contributed by atoms with Gasteiger partial charge in [0.15, 0.2) is 22.5 Å². The number of anilines is 1. The van der Waals surface area contributed by atoms with E-state index in [1.54, 1.807) is 73.1 Å². The average Bonchev–Trinajstić information content (AvgIpc) is 3.22. The van der Waals surface area contributed by atoms with Gasteiger partial charge in [-0.25, -0.2) is 4.39 Å². The number of fused-ring (bicyclic) bond motifs is 2. The fourth-order valence-corrected chi connectivity index (χ4v) is 4.74. The van der Waals surface area contributed by atoms with Gasteiger partial charge in [-0.3, -0.25) is 14.4 Å². The Bertz CT molecular complexity index is 1510. The second kappa shape index (κ2) is 8.92. The van der Waals surface area contributed by atoms with Crippen LogP contribution < -0.4 is 5.32 Å². The van der Waals surface area contributed by atoms with Crippen molar-refractivity contribution < 1.29 is 18.8 Å². The number of rotatable bonds is 5. The van der Waals surface area contributed by atoms with Gasteiger partial charge in [0.2, 0.25) is 5.91 Å². The summed E-state index contributed by atoms with van der Waals surface area (Å²) in [6.07, 6.45) is 0. The minimum Gasteiger partial charge on any atom is -0.325 e. The van der Waals surface area contributed by atoms with E-state index in [9.17, 15) is 18.8 Å². The molecule has 0 bridgehead atoms. The van der Waals surface area contributed by atoms with Crippen LogP contribution in [-0.4, -0.2) is 37.5 Å². The smallest absolute Gasteiger partial charge is 0.237 e. The number of aromatic nitrogens is 3. The third kappa shape index (κ3) is 4.04. The second-order valence-corrected chi connectivity index (χ2v) is 9.37. The molecule has 7 nitrogen and oxygen atoms in total. The van der Waals surface area contributed by atoms with Crippen LogP contribution >= 0.6 is 11.8 Å². The lowest BCUT2D eigenvalue weighted by Crippen LogP contribution is -2.24. The molecule has 1 aliphatic rings. The first kappa shape index (κ1) is 22.7. The summed E-state index contributed by atoms with van der Waals surface area (Å²) in [5.74, 6) is -0.844. The predicted octanol–water partition coefficient (Wildman–Crippen LogP) is 4.52. The van der Waals surface area contributed by atoms with E-state index in [2.05, 4.69) is 15.5 Å². The molecule has 0 unspecified atom stereocenters. The molecule has 1 atom stereocenters. The molecule has 5 rings (SSSR count). The van der Waals surface area contributed by atoms with Crippen molar-refractivity contribution in [2.24, 2.45) is 7.05 Å². The van der Waals surface area contributed by atoms with Crippen molar-refractivity contribution in [3.63, 3.8) is 0 Å². The summed E-state index contributed by atoms with van der Waals surface area (Å²) in [5.41, 5.74) is 2.03. The first-order valence-electron chi connectivity index (χ1n) is 10.8. The first-order chi connectivity index (χ1) is 16.8. The van der Waals surface area contributed by atoms with Crippen LogP contribution in [0, 0.1) is 5.82 Å². The lowest BCUT2D eigenvalue weighted by Gasteiger charge is -2.18. The molecule has 0 spiro atoms. The highest BCUT2D eigenvalue weighted by Crippen LogP contribution is 2.30. The summed E-state index contributed by atoms with van der Waals surface area (Å²) in [5, 5.41) is 10.9. The lowest BCUT2D eigenvalue weighted by molar-refractivity contribution is -0.115. The number of hydrogen-bond acceptors (Lipinski definition) is 6. The minimum absolute atomic E-state index is 0.218. The Labute approximate surface area is 204 Å². The molecular weight excluding hydrogens is 467 g/mol. The molecule has 3 aromatic carbocycles. The molecule has 1 amide bonds. The zero-order valence-corrected chi connectivity index (χ0v) is 19.6. The van der Waals surface area contributed by atoms with Crippen LogP contribution in [0.15, 0.2) is 71.9 Å².